The molecule has 1 rings (SSSR count). The number of aliphatic carboxylic acids is 1. The van der Waals surface area contributed by atoms with Crippen molar-refractivity contribution >= 4 is 11.9 Å². The Morgan fingerprint density at radius 3 is 2.47 bits per heavy atom. The van der Waals surface area contributed by atoms with Gasteiger partial charge in [0.25, 0.3) is 5.91 Å². The lowest BCUT2D eigenvalue weighted by Crippen LogP contribution is -2.33. The third kappa shape index (κ3) is 3.05. The van der Waals surface area contributed by atoms with Crippen LogP contribution in [0.3, 0.4) is 0 Å². The molecule has 0 bridgehead atoms. The van der Waals surface area contributed by atoms with Gasteiger partial charge < -0.3 is 14.4 Å². The van der Waals surface area contributed by atoms with Gasteiger partial charge in [0.1, 0.15) is 0 Å². The van der Waals surface area contributed by atoms with Gasteiger partial charge in [0.05, 0.1) is 11.6 Å². The molecule has 17 heavy (non-hydrogen) atoms. The normalized spacial score (nSPS) is 12.2. The van der Waals surface area contributed by atoms with E-state index < -0.39 is 11.9 Å². The summed E-state index contributed by atoms with van der Waals surface area (Å²) in [5.41, 5.74) is 0.516. The molecule has 0 aliphatic heterocycles. The molecule has 6 heteroatoms. The van der Waals surface area contributed by atoms with E-state index in [1.807, 2.05) is 0 Å². The second-order valence-electron chi connectivity index (χ2n) is 4.07. The Labute approximate surface area is 99.2 Å². The summed E-state index contributed by atoms with van der Waals surface area (Å²) in [5.74, 6) is -1.31. The molecule has 1 aromatic heterocycles. The molecular formula is C11H16N2O4. The van der Waals surface area contributed by atoms with Crippen molar-refractivity contribution in [1.29, 1.82) is 0 Å². The van der Waals surface area contributed by atoms with E-state index in [4.69, 9.17) is 9.52 Å². The molecular weight excluding hydrogens is 224 g/mol. The molecule has 0 saturated heterocycles. The number of aryl methyl sites for hydroxylation is 2. The SMILES string of the molecule is Cc1nc(C)c(C(=O)N(C)CC(C)C(=O)O)o1. The molecule has 0 fully saturated rings. The zero-order valence-electron chi connectivity index (χ0n) is 10.4. The summed E-state index contributed by atoms with van der Waals surface area (Å²) in [6, 6.07) is 0. The minimum atomic E-state index is -0.935. The first-order valence-corrected chi connectivity index (χ1v) is 5.25. The number of hydrogen-bond donors (Lipinski definition) is 1. The summed E-state index contributed by atoms with van der Waals surface area (Å²) in [7, 11) is 1.54. The molecule has 0 saturated carbocycles. The number of nitrogens with zero attached hydrogens (tertiary/aromatic N) is 2. The Bertz CT molecular complexity index is 439. The van der Waals surface area contributed by atoms with E-state index in [1.54, 1.807) is 27.8 Å². The van der Waals surface area contributed by atoms with Crippen molar-refractivity contribution in [2.24, 2.45) is 5.92 Å². The Morgan fingerprint density at radius 1 is 1.47 bits per heavy atom. The van der Waals surface area contributed by atoms with Gasteiger partial charge in [-0.15, -0.1) is 0 Å². The van der Waals surface area contributed by atoms with Gasteiger partial charge in [-0.1, -0.05) is 6.92 Å². The number of carbonyl (C=O) groups is 2. The maximum atomic E-state index is 11.9. The largest absolute Gasteiger partial charge is 0.481 e. The molecule has 94 valence electrons. The predicted molar refractivity (Wildman–Crippen MR) is 59.7 cm³/mol. The third-order valence-electron chi connectivity index (χ3n) is 2.41. The number of carboxylic acids is 1. The monoisotopic (exact) mass is 240 g/mol. The number of carboxylic acid groups (broad SMARTS) is 1. The standard InChI is InChI=1S/C11H16N2O4/c1-6(11(15)16)5-13(4)10(14)9-7(2)12-8(3)17-9/h6H,5H2,1-4H3,(H,15,16). The minimum Gasteiger partial charge on any atom is -0.481 e. The molecule has 0 spiro atoms. The first kappa shape index (κ1) is 13.2. The maximum Gasteiger partial charge on any atom is 0.308 e. The smallest absolute Gasteiger partial charge is 0.308 e. The lowest BCUT2D eigenvalue weighted by atomic mass is 10.1. The van der Waals surface area contributed by atoms with Gasteiger partial charge in [0, 0.05) is 20.5 Å². The zero-order chi connectivity index (χ0) is 13.2. The van der Waals surface area contributed by atoms with Crippen LogP contribution in [-0.4, -0.2) is 40.5 Å². The third-order valence-corrected chi connectivity index (χ3v) is 2.41. The molecule has 0 radical (unpaired) electrons. The second kappa shape index (κ2) is 4.99. The molecule has 1 amide bonds. The fourth-order valence-electron chi connectivity index (χ4n) is 1.47. The van der Waals surface area contributed by atoms with E-state index in [0.717, 1.165) is 0 Å². The van der Waals surface area contributed by atoms with Crippen LogP contribution in [0.15, 0.2) is 4.42 Å². The molecule has 1 heterocycles. The predicted octanol–water partition coefficient (Wildman–Crippen LogP) is 1.08. The lowest BCUT2D eigenvalue weighted by molar-refractivity contribution is -0.141. The number of amides is 1. The van der Waals surface area contributed by atoms with Crippen LogP contribution >= 0.6 is 0 Å². The molecule has 1 N–H and O–H groups in total. The van der Waals surface area contributed by atoms with Crippen LogP contribution in [0, 0.1) is 19.8 Å². The van der Waals surface area contributed by atoms with Crippen LogP contribution in [-0.2, 0) is 4.79 Å². The van der Waals surface area contributed by atoms with Gasteiger partial charge in [0.2, 0.25) is 5.76 Å². The summed E-state index contributed by atoms with van der Waals surface area (Å²) in [5, 5.41) is 8.77. The van der Waals surface area contributed by atoms with Crippen LogP contribution in [0.1, 0.15) is 29.1 Å². The van der Waals surface area contributed by atoms with Crippen molar-refractivity contribution in [3.63, 3.8) is 0 Å². The fourth-order valence-corrected chi connectivity index (χ4v) is 1.47. The molecule has 0 aliphatic rings. The molecule has 1 unspecified atom stereocenters. The maximum absolute atomic E-state index is 11.9. The number of aromatic nitrogens is 1. The number of rotatable bonds is 4. The van der Waals surface area contributed by atoms with Crippen LogP contribution < -0.4 is 0 Å². The van der Waals surface area contributed by atoms with Crippen molar-refractivity contribution in [3.05, 3.63) is 17.3 Å². The first-order valence-electron chi connectivity index (χ1n) is 5.25. The molecule has 6 nitrogen and oxygen atoms in total. The number of carbonyl (C=O) groups excluding carboxylic acids is 1. The van der Waals surface area contributed by atoms with Crippen molar-refractivity contribution in [2.45, 2.75) is 20.8 Å². The summed E-state index contributed by atoms with van der Waals surface area (Å²) in [6.07, 6.45) is 0. The Morgan fingerprint density at radius 2 is 2.06 bits per heavy atom. The summed E-state index contributed by atoms with van der Waals surface area (Å²) >= 11 is 0. The van der Waals surface area contributed by atoms with Gasteiger partial charge in [-0.05, 0) is 6.92 Å². The highest BCUT2D eigenvalue weighted by atomic mass is 16.4. The molecule has 0 aliphatic carbocycles. The average Bonchev–Trinajstić information content (AvgIpc) is 2.56. The quantitative estimate of drug-likeness (QED) is 0.851. The average molecular weight is 240 g/mol. The number of oxazole rings is 1. The summed E-state index contributed by atoms with van der Waals surface area (Å²) in [4.78, 5) is 28.0. The van der Waals surface area contributed by atoms with E-state index in [0.29, 0.717) is 11.6 Å². The highest BCUT2D eigenvalue weighted by Crippen LogP contribution is 2.12. The van der Waals surface area contributed by atoms with Gasteiger partial charge in [-0.25, -0.2) is 4.98 Å². The highest BCUT2D eigenvalue weighted by Gasteiger charge is 2.23. The van der Waals surface area contributed by atoms with Crippen LogP contribution in [0.5, 0.6) is 0 Å². The molecule has 1 aromatic rings. The van der Waals surface area contributed by atoms with E-state index in [-0.39, 0.29) is 18.2 Å². The van der Waals surface area contributed by atoms with Crippen LogP contribution in [0.4, 0.5) is 0 Å². The van der Waals surface area contributed by atoms with E-state index in [1.165, 1.54) is 4.90 Å². The van der Waals surface area contributed by atoms with Crippen molar-refractivity contribution in [1.82, 2.24) is 9.88 Å². The van der Waals surface area contributed by atoms with Crippen molar-refractivity contribution in [3.8, 4) is 0 Å². The van der Waals surface area contributed by atoms with Crippen LogP contribution in [0.2, 0.25) is 0 Å². The van der Waals surface area contributed by atoms with Crippen molar-refractivity contribution < 1.29 is 19.1 Å². The van der Waals surface area contributed by atoms with Crippen LogP contribution in [0.25, 0.3) is 0 Å². The van der Waals surface area contributed by atoms with Gasteiger partial charge in [-0.3, -0.25) is 9.59 Å². The topological polar surface area (TPSA) is 83.6 Å². The van der Waals surface area contributed by atoms with Crippen molar-refractivity contribution in [2.75, 3.05) is 13.6 Å². The van der Waals surface area contributed by atoms with Gasteiger partial charge >= 0.3 is 5.97 Å². The lowest BCUT2D eigenvalue weighted by Gasteiger charge is -2.18. The first-order chi connectivity index (χ1) is 7.82. The Balaban J connectivity index is 2.77. The fraction of sp³-hybridized carbons (Fsp3) is 0.545. The highest BCUT2D eigenvalue weighted by molar-refractivity contribution is 5.92. The minimum absolute atomic E-state index is 0.132. The summed E-state index contributed by atoms with van der Waals surface area (Å²) < 4.78 is 5.19. The number of hydrogen-bond acceptors (Lipinski definition) is 4. The van der Waals surface area contributed by atoms with Gasteiger partial charge in [-0.2, -0.15) is 0 Å². The van der Waals surface area contributed by atoms with E-state index in [2.05, 4.69) is 4.98 Å². The molecule has 1 atom stereocenters. The molecule has 0 aromatic carbocycles. The summed E-state index contributed by atoms with van der Waals surface area (Å²) in [6.45, 7) is 5.01. The second-order valence-corrected chi connectivity index (χ2v) is 4.07. The Kier molecular flexibility index (Phi) is 3.88. The zero-order valence-corrected chi connectivity index (χ0v) is 10.4. The Hall–Kier alpha value is -1.85. The van der Waals surface area contributed by atoms with Gasteiger partial charge in [0.15, 0.2) is 5.89 Å². The van der Waals surface area contributed by atoms with E-state index in [9.17, 15) is 9.59 Å². The van der Waals surface area contributed by atoms with E-state index >= 15 is 0 Å².